The second-order valence-electron chi connectivity index (χ2n) is 13.4. The fraction of sp³-hybridized carbons (Fsp3) is 0.0930. The van der Waals surface area contributed by atoms with Gasteiger partial charge in [-0.2, -0.15) is 0 Å². The van der Waals surface area contributed by atoms with Crippen molar-refractivity contribution in [2.45, 2.75) is 19.2 Å². The summed E-state index contributed by atoms with van der Waals surface area (Å²) in [6.45, 7) is 1.82. The number of pyridine rings is 1. The van der Waals surface area contributed by atoms with Crippen LogP contribution in [0.2, 0.25) is 10.0 Å². The molecule has 0 aliphatic rings. The van der Waals surface area contributed by atoms with Crippen LogP contribution in [0.25, 0.3) is 22.8 Å². The van der Waals surface area contributed by atoms with Gasteiger partial charge >= 0.3 is 199 Å². The Morgan fingerprint density at radius 1 is 0.593 bits per heavy atom. The van der Waals surface area contributed by atoms with Crippen molar-refractivity contribution in [1.82, 2.24) is 60.2 Å². The summed E-state index contributed by atoms with van der Waals surface area (Å²) in [5, 5.41) is 39.5. The number of hydrogen-bond donors (Lipinski definition) is 0. The van der Waals surface area contributed by atoms with Crippen molar-refractivity contribution in [1.29, 1.82) is 0 Å². The molecule has 0 saturated heterocycles. The molecule has 59 heavy (non-hydrogen) atoms. The molecule has 1 atom stereocenters. The zero-order valence-corrected chi connectivity index (χ0v) is 34.4. The minimum atomic E-state index is -2.47. The maximum absolute atomic E-state index is 6.17. The number of hydrogen-bond acceptors (Lipinski definition) is 10. The zero-order valence-electron chi connectivity index (χ0n) is 31.9. The van der Waals surface area contributed by atoms with E-state index in [9.17, 15) is 0 Å². The Hall–Kier alpha value is -6.66. The van der Waals surface area contributed by atoms with Crippen LogP contribution >= 0.6 is 30.5 Å². The molecule has 4 heterocycles. The van der Waals surface area contributed by atoms with E-state index in [1.165, 1.54) is 20.7 Å². The van der Waals surface area contributed by atoms with Crippen molar-refractivity contribution >= 4 is 46.4 Å². The van der Waals surface area contributed by atoms with Gasteiger partial charge < -0.3 is 4.74 Å². The summed E-state index contributed by atoms with van der Waals surface area (Å²) in [4.78, 5) is 6.97. The molecule has 9 rings (SSSR count). The van der Waals surface area contributed by atoms with Crippen LogP contribution in [0.4, 0.5) is 0 Å². The Bertz CT molecular complexity index is 2650. The molecule has 4 aromatic heterocycles. The quantitative estimate of drug-likeness (QED) is 0.123. The second kappa shape index (κ2) is 17.9. The SMILES string of the molecule is CC(Oc1nnc(-c2ccncc2)n1C)c1nnn(-c2cccc(Cl)c2)n1.Clc1cccc(-n2nnc(C[PH](c3ccccc3)(c3ccccc3)c3ccccc3)n2)c1. The number of nitrogens with zero attached hydrogens (tertiary/aromatic N) is 12. The second-order valence-corrected chi connectivity index (χ2v) is 18.2. The van der Waals surface area contributed by atoms with Gasteiger partial charge in [-0.25, -0.2) is 0 Å². The van der Waals surface area contributed by atoms with E-state index in [1.807, 2.05) is 62.5 Å². The van der Waals surface area contributed by atoms with Crippen molar-refractivity contribution in [3.63, 3.8) is 0 Å². The first-order chi connectivity index (χ1) is 28.9. The predicted molar refractivity (Wildman–Crippen MR) is 232 cm³/mol. The molecule has 9 aromatic rings. The van der Waals surface area contributed by atoms with E-state index in [0.717, 1.165) is 11.3 Å². The topological polar surface area (TPSA) is 140 Å². The Labute approximate surface area is 350 Å². The van der Waals surface area contributed by atoms with Crippen molar-refractivity contribution in [2.75, 3.05) is 0 Å². The van der Waals surface area contributed by atoms with Gasteiger partial charge in [-0.3, -0.25) is 9.55 Å². The summed E-state index contributed by atoms with van der Waals surface area (Å²) >= 11 is 12.2. The first-order valence-electron chi connectivity index (χ1n) is 18.6. The predicted octanol–water partition coefficient (Wildman–Crippen LogP) is 7.19. The van der Waals surface area contributed by atoms with Crippen molar-refractivity contribution < 1.29 is 4.74 Å². The van der Waals surface area contributed by atoms with E-state index < -0.39 is 13.4 Å². The van der Waals surface area contributed by atoms with Gasteiger partial charge in [0.2, 0.25) is 5.82 Å². The van der Waals surface area contributed by atoms with E-state index in [4.69, 9.17) is 33.0 Å². The van der Waals surface area contributed by atoms with Crippen LogP contribution in [-0.2, 0) is 13.2 Å². The number of halogens is 2. The van der Waals surface area contributed by atoms with Crippen LogP contribution in [0.15, 0.2) is 164 Å². The fourth-order valence-corrected chi connectivity index (χ4v) is 11.6. The molecule has 0 spiro atoms. The van der Waals surface area contributed by atoms with Crippen molar-refractivity contribution in [3.8, 4) is 28.8 Å². The van der Waals surface area contributed by atoms with Gasteiger partial charge in [-0.05, 0) is 42.5 Å². The summed E-state index contributed by atoms with van der Waals surface area (Å²) in [6, 6.07) is 51.0. The number of rotatable bonds is 11. The molecule has 0 aliphatic heterocycles. The van der Waals surface area contributed by atoms with Crippen LogP contribution in [0.1, 0.15) is 24.7 Å². The molecule has 0 radical (unpaired) electrons. The van der Waals surface area contributed by atoms with E-state index in [0.29, 0.717) is 45.4 Å². The van der Waals surface area contributed by atoms with Crippen LogP contribution in [0.5, 0.6) is 6.01 Å². The molecule has 0 aliphatic carbocycles. The Morgan fingerprint density at radius 2 is 1.12 bits per heavy atom. The number of tetrazole rings is 2. The molecule has 13 nitrogen and oxygen atoms in total. The van der Waals surface area contributed by atoms with Crippen LogP contribution < -0.4 is 20.7 Å². The van der Waals surface area contributed by atoms with Gasteiger partial charge in [-0.15, -0.1) is 20.1 Å². The first-order valence-corrected chi connectivity index (χ1v) is 21.6. The van der Waals surface area contributed by atoms with Gasteiger partial charge in [0.25, 0.3) is 0 Å². The molecule has 1 unspecified atom stereocenters. The standard InChI is InChI=1S/C26H22ClN4P.C17H15ClN8O/c27-21-11-10-12-22(19-21)31-29-26(28-30-31)20-32(23-13-4-1-5-14-23,24-15-6-2-7-16-24)25-17-8-3-9-18-25;1-11(15-20-24-26(23-15)14-5-3-4-13(18)10-14)27-17-22-21-16(25(17)2)12-6-8-19-9-7-12/h1-19,32H,20H2;3-11H,1-2H3. The number of aromatic nitrogens is 12. The third kappa shape index (κ3) is 8.78. The van der Waals surface area contributed by atoms with Gasteiger partial charge in [-0.1, -0.05) is 22.8 Å². The van der Waals surface area contributed by atoms with Crippen LogP contribution in [0.3, 0.4) is 0 Å². The monoisotopic (exact) mass is 838 g/mol. The maximum atomic E-state index is 6.17. The Kier molecular flexibility index (Phi) is 11.9. The van der Waals surface area contributed by atoms with Gasteiger partial charge in [0.15, 0.2) is 11.9 Å². The van der Waals surface area contributed by atoms with Gasteiger partial charge in [0, 0.05) is 30.0 Å². The zero-order chi connectivity index (χ0) is 40.6. The molecule has 0 saturated carbocycles. The van der Waals surface area contributed by atoms with Crippen molar-refractivity contribution in [3.05, 3.63) is 186 Å². The molecular formula is C43H37Cl2N12OP. The summed E-state index contributed by atoms with van der Waals surface area (Å²) in [6.07, 6.45) is 3.63. The molecule has 16 heteroatoms. The van der Waals surface area contributed by atoms with E-state index in [1.54, 1.807) is 33.9 Å². The number of benzene rings is 5. The minimum absolute atomic E-state index is 0.355. The van der Waals surface area contributed by atoms with Crippen LogP contribution in [0, 0.1) is 0 Å². The molecule has 0 amide bonds. The first kappa shape index (κ1) is 39.2. The van der Waals surface area contributed by atoms with Crippen molar-refractivity contribution in [2.24, 2.45) is 7.05 Å². The summed E-state index contributed by atoms with van der Waals surface area (Å²) < 4.78 is 7.63. The fourth-order valence-electron chi connectivity index (χ4n) is 6.71. The molecular weight excluding hydrogens is 802 g/mol. The third-order valence-corrected chi connectivity index (χ3v) is 14.9. The Morgan fingerprint density at radius 3 is 1.66 bits per heavy atom. The third-order valence-electron chi connectivity index (χ3n) is 9.60. The summed E-state index contributed by atoms with van der Waals surface area (Å²) in [5.74, 6) is 1.81. The molecule has 0 fully saturated rings. The normalized spacial score (nSPS) is 12.0. The van der Waals surface area contributed by atoms with Gasteiger partial charge in [0.1, 0.15) is 0 Å². The molecule has 0 N–H and O–H groups in total. The van der Waals surface area contributed by atoms with E-state index in [2.05, 4.69) is 132 Å². The summed E-state index contributed by atoms with van der Waals surface area (Å²) in [5.41, 5.74) is 2.40. The number of ether oxygens (including phenoxy) is 1. The molecule has 294 valence electrons. The molecule has 0 bridgehead atoms. The average Bonchev–Trinajstić information content (AvgIpc) is 4.06. The molecule has 5 aromatic carbocycles. The Balaban J connectivity index is 0.000000167. The van der Waals surface area contributed by atoms with Gasteiger partial charge in [0.05, 0.1) is 5.69 Å². The van der Waals surface area contributed by atoms with E-state index in [-0.39, 0.29) is 0 Å². The van der Waals surface area contributed by atoms with E-state index >= 15 is 0 Å². The summed E-state index contributed by atoms with van der Waals surface area (Å²) in [7, 11) is -0.640. The average molecular weight is 840 g/mol. The van der Waals surface area contributed by atoms with Crippen LogP contribution in [-0.4, -0.2) is 60.2 Å².